The smallest absolute Gasteiger partial charge is 0.324 e. The number of nitrogens with two attached hydrogens (primary N) is 1. The topological polar surface area (TPSA) is 26.0 Å². The Kier molecular flexibility index (Phi) is 4.60. The van der Waals surface area contributed by atoms with E-state index in [0.29, 0.717) is 18.4 Å². The Bertz CT molecular complexity index is 401. The van der Waals surface area contributed by atoms with Gasteiger partial charge in [-0.05, 0) is 24.5 Å². The first-order chi connectivity index (χ1) is 7.88. The molecule has 0 amide bonds. The fourth-order valence-corrected chi connectivity index (χ4v) is 1.88. The Morgan fingerprint density at radius 3 is 2.59 bits per heavy atom. The summed E-state index contributed by atoms with van der Waals surface area (Å²) < 4.78 is 37.8. The molecule has 0 saturated carbocycles. The maximum atomic E-state index is 12.6. The summed E-state index contributed by atoms with van der Waals surface area (Å²) in [5.41, 5.74) is 5.28. The maximum Gasteiger partial charge on any atom is 0.417 e. The van der Waals surface area contributed by atoms with Gasteiger partial charge in [-0.3, -0.25) is 0 Å². The number of allylic oxidation sites excluding steroid dienone is 1. The van der Waals surface area contributed by atoms with Crippen LogP contribution in [-0.2, 0) is 6.18 Å². The molecule has 0 spiro atoms. The number of halogens is 4. The SMILES string of the molecule is C=CCC[C@H](N)c1cccc(C(F)(F)F)c1Cl. The van der Waals surface area contributed by atoms with Crippen molar-refractivity contribution < 1.29 is 13.2 Å². The highest BCUT2D eigenvalue weighted by molar-refractivity contribution is 6.32. The molecule has 0 heterocycles. The minimum atomic E-state index is -4.45. The van der Waals surface area contributed by atoms with Crippen LogP contribution in [0.25, 0.3) is 0 Å². The fourth-order valence-electron chi connectivity index (χ4n) is 1.51. The van der Waals surface area contributed by atoms with E-state index in [-0.39, 0.29) is 5.02 Å². The van der Waals surface area contributed by atoms with Gasteiger partial charge in [0.1, 0.15) is 0 Å². The molecule has 1 nitrogen and oxygen atoms in total. The molecule has 0 aliphatic carbocycles. The number of benzene rings is 1. The van der Waals surface area contributed by atoms with Crippen molar-refractivity contribution in [3.63, 3.8) is 0 Å². The van der Waals surface area contributed by atoms with Gasteiger partial charge in [0.2, 0.25) is 0 Å². The largest absolute Gasteiger partial charge is 0.417 e. The Hall–Kier alpha value is -1.00. The third kappa shape index (κ3) is 3.48. The first-order valence-electron chi connectivity index (χ1n) is 5.10. The molecule has 94 valence electrons. The van der Waals surface area contributed by atoms with Crippen molar-refractivity contribution in [2.24, 2.45) is 5.73 Å². The van der Waals surface area contributed by atoms with Crippen LogP contribution in [0.15, 0.2) is 30.9 Å². The number of hydrogen-bond donors (Lipinski definition) is 1. The minimum Gasteiger partial charge on any atom is -0.324 e. The van der Waals surface area contributed by atoms with Gasteiger partial charge in [-0.1, -0.05) is 29.8 Å². The van der Waals surface area contributed by atoms with Crippen LogP contribution in [0.5, 0.6) is 0 Å². The van der Waals surface area contributed by atoms with Crippen molar-refractivity contribution in [1.82, 2.24) is 0 Å². The van der Waals surface area contributed by atoms with Crippen molar-refractivity contribution in [2.45, 2.75) is 25.1 Å². The van der Waals surface area contributed by atoms with Crippen molar-refractivity contribution in [3.8, 4) is 0 Å². The van der Waals surface area contributed by atoms with Crippen molar-refractivity contribution in [3.05, 3.63) is 47.0 Å². The normalized spacial score (nSPS) is 13.5. The Morgan fingerprint density at radius 2 is 2.06 bits per heavy atom. The Balaban J connectivity index is 3.06. The lowest BCUT2D eigenvalue weighted by atomic mass is 10.0. The van der Waals surface area contributed by atoms with Crippen molar-refractivity contribution in [2.75, 3.05) is 0 Å². The highest BCUT2D eigenvalue weighted by atomic mass is 35.5. The van der Waals surface area contributed by atoms with Crippen LogP contribution in [0.3, 0.4) is 0 Å². The summed E-state index contributed by atoms with van der Waals surface area (Å²) in [7, 11) is 0. The first kappa shape index (κ1) is 14.1. The molecule has 0 aliphatic heterocycles. The Morgan fingerprint density at radius 1 is 1.41 bits per heavy atom. The average Bonchev–Trinajstić information content (AvgIpc) is 2.24. The zero-order chi connectivity index (χ0) is 13.1. The molecule has 0 bridgehead atoms. The van der Waals surface area contributed by atoms with Crippen LogP contribution in [0.4, 0.5) is 13.2 Å². The highest BCUT2D eigenvalue weighted by Gasteiger charge is 2.34. The quantitative estimate of drug-likeness (QED) is 0.804. The number of rotatable bonds is 4. The van der Waals surface area contributed by atoms with Crippen LogP contribution in [0.1, 0.15) is 30.0 Å². The van der Waals surface area contributed by atoms with E-state index >= 15 is 0 Å². The van der Waals surface area contributed by atoms with Gasteiger partial charge in [0.05, 0.1) is 10.6 Å². The molecule has 0 saturated heterocycles. The van der Waals surface area contributed by atoms with Gasteiger partial charge in [0.15, 0.2) is 0 Å². The fraction of sp³-hybridized carbons (Fsp3) is 0.333. The van der Waals surface area contributed by atoms with Crippen LogP contribution >= 0.6 is 11.6 Å². The van der Waals surface area contributed by atoms with E-state index in [9.17, 15) is 13.2 Å². The number of hydrogen-bond acceptors (Lipinski definition) is 1. The monoisotopic (exact) mass is 263 g/mol. The minimum absolute atomic E-state index is 0.309. The first-order valence-corrected chi connectivity index (χ1v) is 5.47. The zero-order valence-electron chi connectivity index (χ0n) is 9.10. The molecule has 0 fully saturated rings. The lowest BCUT2D eigenvalue weighted by Crippen LogP contribution is -2.13. The Labute approximate surface area is 103 Å². The molecule has 1 aromatic carbocycles. The van der Waals surface area contributed by atoms with E-state index in [4.69, 9.17) is 17.3 Å². The zero-order valence-corrected chi connectivity index (χ0v) is 9.85. The van der Waals surface area contributed by atoms with Gasteiger partial charge >= 0.3 is 6.18 Å². The van der Waals surface area contributed by atoms with E-state index in [1.165, 1.54) is 12.1 Å². The van der Waals surface area contributed by atoms with Crippen molar-refractivity contribution >= 4 is 11.6 Å². The summed E-state index contributed by atoms with van der Waals surface area (Å²) in [6, 6.07) is 3.28. The summed E-state index contributed by atoms with van der Waals surface area (Å²) in [5.74, 6) is 0. The summed E-state index contributed by atoms with van der Waals surface area (Å²) >= 11 is 5.74. The third-order valence-corrected chi connectivity index (χ3v) is 2.84. The molecule has 17 heavy (non-hydrogen) atoms. The molecule has 2 N–H and O–H groups in total. The predicted molar refractivity (Wildman–Crippen MR) is 62.8 cm³/mol. The summed E-state index contributed by atoms with van der Waals surface area (Å²) in [6.07, 6.45) is -1.63. The molecule has 1 atom stereocenters. The highest BCUT2D eigenvalue weighted by Crippen LogP contribution is 2.38. The van der Waals surface area contributed by atoms with Crippen LogP contribution in [0.2, 0.25) is 5.02 Å². The van der Waals surface area contributed by atoms with Gasteiger partial charge < -0.3 is 5.73 Å². The second kappa shape index (κ2) is 5.56. The van der Waals surface area contributed by atoms with E-state index < -0.39 is 17.8 Å². The van der Waals surface area contributed by atoms with Gasteiger partial charge in [0.25, 0.3) is 0 Å². The summed E-state index contributed by atoms with van der Waals surface area (Å²) in [4.78, 5) is 0. The summed E-state index contributed by atoms with van der Waals surface area (Å²) in [5, 5.41) is -0.309. The molecule has 0 radical (unpaired) electrons. The van der Waals surface area contributed by atoms with Crippen molar-refractivity contribution in [1.29, 1.82) is 0 Å². The average molecular weight is 264 g/mol. The van der Waals surface area contributed by atoms with E-state index in [1.54, 1.807) is 6.08 Å². The van der Waals surface area contributed by atoms with Gasteiger partial charge in [-0.15, -0.1) is 6.58 Å². The van der Waals surface area contributed by atoms with Crippen LogP contribution < -0.4 is 5.73 Å². The number of alkyl halides is 3. The molecule has 0 aromatic heterocycles. The third-order valence-electron chi connectivity index (χ3n) is 2.42. The van der Waals surface area contributed by atoms with Crippen LogP contribution in [0, 0.1) is 0 Å². The van der Waals surface area contributed by atoms with E-state index in [0.717, 1.165) is 6.07 Å². The molecule has 5 heteroatoms. The van der Waals surface area contributed by atoms with Gasteiger partial charge in [-0.2, -0.15) is 13.2 Å². The second-order valence-corrected chi connectivity index (χ2v) is 4.06. The second-order valence-electron chi connectivity index (χ2n) is 3.68. The molecule has 1 rings (SSSR count). The summed E-state index contributed by atoms with van der Waals surface area (Å²) in [6.45, 7) is 3.54. The molecular formula is C12H13ClF3N. The van der Waals surface area contributed by atoms with E-state index in [2.05, 4.69) is 6.58 Å². The molecule has 1 aromatic rings. The van der Waals surface area contributed by atoms with E-state index in [1.807, 2.05) is 0 Å². The maximum absolute atomic E-state index is 12.6. The molecule has 0 unspecified atom stereocenters. The lowest BCUT2D eigenvalue weighted by molar-refractivity contribution is -0.137. The molecular weight excluding hydrogens is 251 g/mol. The standard InChI is InChI=1S/C12H13ClF3N/c1-2-3-7-10(17)8-5-4-6-9(11(8)13)12(14,15)16/h2,4-6,10H,1,3,7,17H2/t10-/m0/s1. The predicted octanol–water partition coefficient (Wildman–Crippen LogP) is 4.32. The van der Waals surface area contributed by atoms with Gasteiger partial charge in [0, 0.05) is 6.04 Å². The van der Waals surface area contributed by atoms with Crippen LogP contribution in [-0.4, -0.2) is 0 Å². The van der Waals surface area contributed by atoms with Gasteiger partial charge in [-0.25, -0.2) is 0 Å². The lowest BCUT2D eigenvalue weighted by Gasteiger charge is -2.16. The molecule has 0 aliphatic rings.